The Morgan fingerprint density at radius 1 is 1.18 bits per heavy atom. The second kappa shape index (κ2) is 5.03. The summed E-state index contributed by atoms with van der Waals surface area (Å²) >= 11 is 0. The number of aryl methyl sites for hydroxylation is 1. The van der Waals surface area contributed by atoms with Crippen LogP contribution in [0.4, 0.5) is 4.39 Å². The number of nitrogens with zero attached hydrogens (tertiary/aromatic N) is 1. The second-order valence-electron chi connectivity index (χ2n) is 3.94. The normalized spacial score (nSPS) is 12.4. The molecule has 4 heteroatoms. The third kappa shape index (κ3) is 2.67. The molecule has 0 fully saturated rings. The van der Waals surface area contributed by atoms with E-state index in [0.29, 0.717) is 0 Å². The number of nitrogens with one attached hydrogen (secondary N) is 1. The molecular formula is C13H14FN3. The lowest BCUT2D eigenvalue weighted by atomic mass is 9.98. The fourth-order valence-electron chi connectivity index (χ4n) is 1.87. The van der Waals surface area contributed by atoms with Crippen molar-refractivity contribution in [2.24, 2.45) is 5.84 Å². The minimum Gasteiger partial charge on any atom is -0.271 e. The first-order chi connectivity index (χ1) is 8.20. The van der Waals surface area contributed by atoms with E-state index in [1.165, 1.54) is 12.1 Å². The van der Waals surface area contributed by atoms with Gasteiger partial charge in [0, 0.05) is 12.4 Å². The first kappa shape index (κ1) is 11.7. The molecule has 0 radical (unpaired) electrons. The summed E-state index contributed by atoms with van der Waals surface area (Å²) in [6.45, 7) is 1.85. The Morgan fingerprint density at radius 2 is 1.88 bits per heavy atom. The lowest BCUT2D eigenvalue weighted by Gasteiger charge is -2.17. The molecule has 3 nitrogen and oxygen atoms in total. The summed E-state index contributed by atoms with van der Waals surface area (Å²) < 4.78 is 13.4. The number of benzene rings is 1. The predicted molar refractivity (Wildman–Crippen MR) is 64.5 cm³/mol. The summed E-state index contributed by atoms with van der Waals surface area (Å²) in [4.78, 5) is 3.95. The summed E-state index contributed by atoms with van der Waals surface area (Å²) in [7, 11) is 0. The topological polar surface area (TPSA) is 50.9 Å². The molecule has 1 heterocycles. The molecule has 17 heavy (non-hydrogen) atoms. The molecule has 88 valence electrons. The van der Waals surface area contributed by atoms with Crippen LogP contribution >= 0.6 is 0 Å². The average molecular weight is 231 g/mol. The molecule has 1 aromatic carbocycles. The van der Waals surface area contributed by atoms with Gasteiger partial charge in [-0.05, 0) is 47.9 Å². The molecule has 0 saturated heterocycles. The number of hydrogen-bond acceptors (Lipinski definition) is 3. The van der Waals surface area contributed by atoms with Crippen LogP contribution in [0.2, 0.25) is 0 Å². The van der Waals surface area contributed by atoms with Crippen molar-refractivity contribution in [2.75, 3.05) is 0 Å². The molecule has 0 aliphatic heterocycles. The highest BCUT2D eigenvalue weighted by atomic mass is 19.1. The number of rotatable bonds is 3. The van der Waals surface area contributed by atoms with Crippen LogP contribution in [0.1, 0.15) is 22.7 Å². The van der Waals surface area contributed by atoms with Crippen molar-refractivity contribution >= 4 is 0 Å². The maximum absolute atomic E-state index is 13.4. The first-order valence-corrected chi connectivity index (χ1v) is 5.34. The average Bonchev–Trinajstić information content (AvgIpc) is 2.30. The van der Waals surface area contributed by atoms with Gasteiger partial charge in [-0.3, -0.25) is 10.8 Å². The highest BCUT2D eigenvalue weighted by molar-refractivity contribution is 5.33. The Labute approximate surface area is 99.5 Å². The molecule has 0 aliphatic carbocycles. The number of pyridine rings is 1. The van der Waals surface area contributed by atoms with Gasteiger partial charge >= 0.3 is 0 Å². The van der Waals surface area contributed by atoms with E-state index in [1.807, 2.05) is 25.1 Å². The molecular weight excluding hydrogens is 217 g/mol. The number of aromatic nitrogens is 1. The van der Waals surface area contributed by atoms with E-state index >= 15 is 0 Å². The zero-order valence-electron chi connectivity index (χ0n) is 9.52. The maximum Gasteiger partial charge on any atom is 0.123 e. The largest absolute Gasteiger partial charge is 0.271 e. The van der Waals surface area contributed by atoms with E-state index in [-0.39, 0.29) is 11.9 Å². The van der Waals surface area contributed by atoms with Crippen LogP contribution in [0.3, 0.4) is 0 Å². The molecule has 1 atom stereocenters. The molecule has 0 bridgehead atoms. The van der Waals surface area contributed by atoms with E-state index in [9.17, 15) is 4.39 Å². The maximum atomic E-state index is 13.4. The highest BCUT2D eigenvalue weighted by Gasteiger charge is 2.13. The predicted octanol–water partition coefficient (Wildman–Crippen LogP) is 2.08. The van der Waals surface area contributed by atoms with Crippen LogP contribution in [0.5, 0.6) is 0 Å². The number of hydrogen-bond donors (Lipinski definition) is 2. The number of halogens is 1. The molecule has 2 rings (SSSR count). The summed E-state index contributed by atoms with van der Waals surface area (Å²) in [5.74, 6) is 5.29. The Bertz CT molecular complexity index is 479. The van der Waals surface area contributed by atoms with Crippen molar-refractivity contribution in [1.29, 1.82) is 0 Å². The van der Waals surface area contributed by atoms with E-state index < -0.39 is 0 Å². The van der Waals surface area contributed by atoms with Gasteiger partial charge in [-0.15, -0.1) is 0 Å². The molecule has 3 N–H and O–H groups in total. The Kier molecular flexibility index (Phi) is 3.46. The standard InChI is InChI=1S/C13H14FN3/c1-9-6-11(8-12(14)7-9)13(17-15)10-2-4-16-5-3-10/h2-8,13,17H,15H2,1H3. The Balaban J connectivity index is 2.42. The van der Waals surface area contributed by atoms with Gasteiger partial charge in [-0.25, -0.2) is 9.82 Å². The van der Waals surface area contributed by atoms with Crippen LogP contribution in [-0.2, 0) is 0 Å². The second-order valence-corrected chi connectivity index (χ2v) is 3.94. The van der Waals surface area contributed by atoms with Crippen molar-refractivity contribution in [3.63, 3.8) is 0 Å². The number of hydrazine groups is 1. The van der Waals surface area contributed by atoms with Crippen molar-refractivity contribution < 1.29 is 4.39 Å². The van der Waals surface area contributed by atoms with Crippen LogP contribution in [0.25, 0.3) is 0 Å². The Morgan fingerprint density at radius 3 is 2.47 bits per heavy atom. The first-order valence-electron chi connectivity index (χ1n) is 5.34. The van der Waals surface area contributed by atoms with Crippen molar-refractivity contribution in [1.82, 2.24) is 10.4 Å². The van der Waals surface area contributed by atoms with Crippen molar-refractivity contribution in [3.05, 3.63) is 65.2 Å². The van der Waals surface area contributed by atoms with Gasteiger partial charge in [0.1, 0.15) is 5.82 Å². The van der Waals surface area contributed by atoms with Crippen LogP contribution in [-0.4, -0.2) is 4.98 Å². The van der Waals surface area contributed by atoms with Gasteiger partial charge in [0.2, 0.25) is 0 Å². The van der Waals surface area contributed by atoms with Crippen LogP contribution in [0, 0.1) is 12.7 Å². The van der Waals surface area contributed by atoms with Crippen molar-refractivity contribution in [3.8, 4) is 0 Å². The molecule has 0 aliphatic rings. The summed E-state index contributed by atoms with van der Waals surface area (Å²) in [6, 6.07) is 8.36. The van der Waals surface area contributed by atoms with Crippen LogP contribution in [0.15, 0.2) is 42.7 Å². The van der Waals surface area contributed by atoms with Gasteiger partial charge in [-0.1, -0.05) is 6.07 Å². The summed E-state index contributed by atoms with van der Waals surface area (Å²) in [6.07, 6.45) is 3.37. The fourth-order valence-corrected chi connectivity index (χ4v) is 1.87. The quantitative estimate of drug-likeness (QED) is 0.628. The third-order valence-corrected chi connectivity index (χ3v) is 2.60. The van der Waals surface area contributed by atoms with Gasteiger partial charge in [-0.2, -0.15) is 0 Å². The van der Waals surface area contributed by atoms with E-state index in [0.717, 1.165) is 16.7 Å². The van der Waals surface area contributed by atoms with Crippen molar-refractivity contribution in [2.45, 2.75) is 13.0 Å². The molecule has 0 amide bonds. The lowest BCUT2D eigenvalue weighted by molar-refractivity contribution is 0.603. The number of nitrogens with two attached hydrogens (primary N) is 1. The molecule has 1 aromatic heterocycles. The SMILES string of the molecule is Cc1cc(F)cc(C(NN)c2ccncc2)c1. The molecule has 0 spiro atoms. The van der Waals surface area contributed by atoms with Gasteiger partial charge in [0.25, 0.3) is 0 Å². The zero-order chi connectivity index (χ0) is 12.3. The van der Waals surface area contributed by atoms with Gasteiger partial charge in [0.15, 0.2) is 0 Å². The van der Waals surface area contributed by atoms with Crippen LogP contribution < -0.4 is 11.3 Å². The van der Waals surface area contributed by atoms with E-state index in [1.54, 1.807) is 12.4 Å². The highest BCUT2D eigenvalue weighted by Crippen LogP contribution is 2.22. The summed E-state index contributed by atoms with van der Waals surface area (Å²) in [5, 5.41) is 0. The molecule has 0 saturated carbocycles. The monoisotopic (exact) mass is 231 g/mol. The minimum absolute atomic E-state index is 0.229. The van der Waals surface area contributed by atoms with Gasteiger partial charge in [0.05, 0.1) is 6.04 Å². The fraction of sp³-hybridized carbons (Fsp3) is 0.154. The lowest BCUT2D eigenvalue weighted by Crippen LogP contribution is -2.29. The third-order valence-electron chi connectivity index (χ3n) is 2.60. The minimum atomic E-state index is -0.255. The summed E-state index contributed by atoms with van der Waals surface area (Å²) in [5.41, 5.74) is 5.32. The van der Waals surface area contributed by atoms with E-state index in [4.69, 9.17) is 5.84 Å². The van der Waals surface area contributed by atoms with E-state index in [2.05, 4.69) is 10.4 Å². The smallest absolute Gasteiger partial charge is 0.123 e. The molecule has 1 unspecified atom stereocenters. The Hall–Kier alpha value is -1.78. The zero-order valence-corrected chi connectivity index (χ0v) is 9.52. The van der Waals surface area contributed by atoms with Gasteiger partial charge < -0.3 is 0 Å². The molecule has 2 aromatic rings.